The quantitative estimate of drug-likeness (QED) is 0.616. The molecule has 1 aromatic rings. The highest BCUT2D eigenvalue weighted by Gasteiger charge is 2.13. The number of rotatable bonds is 6. The molecule has 0 saturated heterocycles. The van der Waals surface area contributed by atoms with Crippen LogP contribution in [0.5, 0.6) is 0 Å². The summed E-state index contributed by atoms with van der Waals surface area (Å²) in [6, 6.07) is 8.61. The van der Waals surface area contributed by atoms with Gasteiger partial charge >= 0.3 is 0 Å². The summed E-state index contributed by atoms with van der Waals surface area (Å²) in [6.07, 6.45) is 3.58. The summed E-state index contributed by atoms with van der Waals surface area (Å²) in [6.45, 7) is 4.51. The zero-order chi connectivity index (χ0) is 12.0. The van der Waals surface area contributed by atoms with Crippen LogP contribution in [0.1, 0.15) is 44.7 Å². The molecule has 2 unspecified atom stereocenters. The first-order valence-electron chi connectivity index (χ1n) is 5.89. The van der Waals surface area contributed by atoms with Crippen LogP contribution in [0.2, 0.25) is 0 Å². The molecule has 2 atom stereocenters. The van der Waals surface area contributed by atoms with E-state index in [0.717, 1.165) is 10.9 Å². The van der Waals surface area contributed by atoms with Gasteiger partial charge in [-0.15, -0.1) is 0 Å². The standard InChI is InChI=1S/C13H21BrN2/c1-3-4-10(2)9-13(16-15)11-5-7-12(14)8-6-11/h5-8,10,13,16H,3-4,9,15H2,1-2H3. The van der Waals surface area contributed by atoms with Gasteiger partial charge in [-0.05, 0) is 30.0 Å². The van der Waals surface area contributed by atoms with E-state index < -0.39 is 0 Å². The first-order valence-corrected chi connectivity index (χ1v) is 6.68. The molecule has 3 heteroatoms. The van der Waals surface area contributed by atoms with E-state index in [1.54, 1.807) is 0 Å². The number of halogens is 1. The summed E-state index contributed by atoms with van der Waals surface area (Å²) in [5, 5.41) is 0. The lowest BCUT2D eigenvalue weighted by Gasteiger charge is -2.20. The van der Waals surface area contributed by atoms with Gasteiger partial charge < -0.3 is 0 Å². The van der Waals surface area contributed by atoms with Gasteiger partial charge in [0.05, 0.1) is 0 Å². The SMILES string of the molecule is CCCC(C)CC(NN)c1ccc(Br)cc1. The van der Waals surface area contributed by atoms with Crippen LogP contribution in [-0.4, -0.2) is 0 Å². The van der Waals surface area contributed by atoms with E-state index in [0.29, 0.717) is 5.92 Å². The van der Waals surface area contributed by atoms with Crippen molar-refractivity contribution in [2.24, 2.45) is 11.8 Å². The van der Waals surface area contributed by atoms with Gasteiger partial charge in [0.2, 0.25) is 0 Å². The van der Waals surface area contributed by atoms with Gasteiger partial charge in [-0.3, -0.25) is 11.3 Å². The maximum Gasteiger partial charge on any atom is 0.0462 e. The Hall–Kier alpha value is -0.380. The molecule has 0 radical (unpaired) electrons. The first kappa shape index (κ1) is 13.7. The Morgan fingerprint density at radius 1 is 1.31 bits per heavy atom. The summed E-state index contributed by atoms with van der Waals surface area (Å²) in [4.78, 5) is 0. The van der Waals surface area contributed by atoms with Crippen molar-refractivity contribution in [1.29, 1.82) is 0 Å². The van der Waals surface area contributed by atoms with E-state index in [1.807, 2.05) is 0 Å². The monoisotopic (exact) mass is 284 g/mol. The second-order valence-corrected chi connectivity index (χ2v) is 5.32. The molecule has 16 heavy (non-hydrogen) atoms. The Bertz CT molecular complexity index is 297. The number of benzene rings is 1. The molecule has 0 aliphatic rings. The van der Waals surface area contributed by atoms with Gasteiger partial charge in [0.15, 0.2) is 0 Å². The molecular formula is C13H21BrN2. The highest BCUT2D eigenvalue weighted by Crippen LogP contribution is 2.24. The Morgan fingerprint density at radius 2 is 1.94 bits per heavy atom. The van der Waals surface area contributed by atoms with Crippen molar-refractivity contribution in [3.05, 3.63) is 34.3 Å². The third kappa shape index (κ3) is 4.24. The lowest BCUT2D eigenvalue weighted by Crippen LogP contribution is -2.29. The highest BCUT2D eigenvalue weighted by atomic mass is 79.9. The smallest absolute Gasteiger partial charge is 0.0462 e. The molecule has 0 saturated carbocycles. The van der Waals surface area contributed by atoms with Gasteiger partial charge in [0.25, 0.3) is 0 Å². The van der Waals surface area contributed by atoms with Crippen molar-refractivity contribution in [1.82, 2.24) is 5.43 Å². The fourth-order valence-electron chi connectivity index (χ4n) is 2.01. The van der Waals surface area contributed by atoms with E-state index in [1.165, 1.54) is 18.4 Å². The van der Waals surface area contributed by atoms with E-state index in [9.17, 15) is 0 Å². The Labute approximate surface area is 107 Å². The molecule has 1 aromatic carbocycles. The van der Waals surface area contributed by atoms with Crippen LogP contribution >= 0.6 is 15.9 Å². The van der Waals surface area contributed by atoms with Gasteiger partial charge in [0.1, 0.15) is 0 Å². The lowest BCUT2D eigenvalue weighted by molar-refractivity contribution is 0.394. The van der Waals surface area contributed by atoms with Crippen molar-refractivity contribution in [2.45, 2.75) is 39.2 Å². The lowest BCUT2D eigenvalue weighted by atomic mass is 9.93. The van der Waals surface area contributed by atoms with Crippen LogP contribution in [0.4, 0.5) is 0 Å². The predicted octanol–water partition coefficient (Wildman–Crippen LogP) is 3.78. The molecule has 0 spiro atoms. The Balaban J connectivity index is 2.63. The van der Waals surface area contributed by atoms with Crippen molar-refractivity contribution >= 4 is 15.9 Å². The molecule has 3 N–H and O–H groups in total. The van der Waals surface area contributed by atoms with Crippen LogP contribution in [0.3, 0.4) is 0 Å². The van der Waals surface area contributed by atoms with Crippen LogP contribution in [0.25, 0.3) is 0 Å². The van der Waals surface area contributed by atoms with Gasteiger partial charge in [-0.1, -0.05) is 54.8 Å². The molecule has 0 amide bonds. The summed E-state index contributed by atoms with van der Waals surface area (Å²) in [7, 11) is 0. The van der Waals surface area contributed by atoms with Gasteiger partial charge in [-0.2, -0.15) is 0 Å². The highest BCUT2D eigenvalue weighted by molar-refractivity contribution is 9.10. The van der Waals surface area contributed by atoms with Crippen LogP contribution in [-0.2, 0) is 0 Å². The van der Waals surface area contributed by atoms with Crippen LogP contribution in [0.15, 0.2) is 28.7 Å². The predicted molar refractivity (Wildman–Crippen MR) is 72.9 cm³/mol. The largest absolute Gasteiger partial charge is 0.271 e. The molecule has 0 aliphatic carbocycles. The summed E-state index contributed by atoms with van der Waals surface area (Å²) in [5.74, 6) is 6.33. The second-order valence-electron chi connectivity index (χ2n) is 4.40. The maximum absolute atomic E-state index is 5.63. The van der Waals surface area contributed by atoms with E-state index >= 15 is 0 Å². The van der Waals surface area contributed by atoms with Gasteiger partial charge in [0, 0.05) is 10.5 Å². The minimum Gasteiger partial charge on any atom is -0.271 e. The molecule has 90 valence electrons. The van der Waals surface area contributed by atoms with E-state index in [4.69, 9.17) is 5.84 Å². The number of hydrazine groups is 1. The summed E-state index contributed by atoms with van der Waals surface area (Å²) < 4.78 is 1.11. The first-order chi connectivity index (χ1) is 7.67. The average molecular weight is 285 g/mol. The van der Waals surface area contributed by atoms with E-state index in [-0.39, 0.29) is 6.04 Å². The molecule has 0 fully saturated rings. The number of hydrogen-bond acceptors (Lipinski definition) is 2. The Kier molecular flexibility index (Phi) is 6.03. The minimum absolute atomic E-state index is 0.259. The topological polar surface area (TPSA) is 38.0 Å². The fraction of sp³-hybridized carbons (Fsp3) is 0.538. The van der Waals surface area contributed by atoms with Crippen molar-refractivity contribution in [3.8, 4) is 0 Å². The van der Waals surface area contributed by atoms with Crippen molar-refractivity contribution < 1.29 is 0 Å². The molecule has 0 bridgehead atoms. The number of nitrogens with one attached hydrogen (secondary N) is 1. The molecule has 2 nitrogen and oxygen atoms in total. The zero-order valence-electron chi connectivity index (χ0n) is 10.0. The second kappa shape index (κ2) is 7.05. The van der Waals surface area contributed by atoms with Gasteiger partial charge in [-0.25, -0.2) is 0 Å². The van der Waals surface area contributed by atoms with Crippen molar-refractivity contribution in [3.63, 3.8) is 0 Å². The molecule has 0 aromatic heterocycles. The maximum atomic E-state index is 5.63. The zero-order valence-corrected chi connectivity index (χ0v) is 11.6. The van der Waals surface area contributed by atoms with Crippen LogP contribution < -0.4 is 11.3 Å². The summed E-state index contributed by atoms with van der Waals surface area (Å²) in [5.41, 5.74) is 4.17. The molecule has 0 heterocycles. The number of hydrogen-bond donors (Lipinski definition) is 2. The summed E-state index contributed by atoms with van der Waals surface area (Å²) >= 11 is 3.44. The van der Waals surface area contributed by atoms with Crippen molar-refractivity contribution in [2.75, 3.05) is 0 Å². The Morgan fingerprint density at radius 3 is 2.44 bits per heavy atom. The third-order valence-corrected chi connectivity index (χ3v) is 3.42. The molecule has 1 rings (SSSR count). The van der Waals surface area contributed by atoms with E-state index in [2.05, 4.69) is 59.5 Å². The molecular weight excluding hydrogens is 264 g/mol. The number of nitrogens with two attached hydrogens (primary N) is 1. The average Bonchev–Trinajstić information content (AvgIpc) is 2.27. The van der Waals surface area contributed by atoms with Crippen LogP contribution in [0, 0.1) is 5.92 Å². The minimum atomic E-state index is 0.259. The third-order valence-electron chi connectivity index (χ3n) is 2.89. The molecule has 0 aliphatic heterocycles. The normalized spacial score (nSPS) is 14.8. The fourth-order valence-corrected chi connectivity index (χ4v) is 2.27.